The zero-order valence-electron chi connectivity index (χ0n) is 20.5. The number of likely N-dealkylation sites (tertiary alicyclic amines) is 1. The molecule has 1 aromatic carbocycles. The molecule has 1 aliphatic rings. The Morgan fingerprint density at radius 2 is 1.74 bits per heavy atom. The van der Waals surface area contributed by atoms with E-state index in [0.29, 0.717) is 31.2 Å². The highest BCUT2D eigenvalue weighted by molar-refractivity contribution is 5.99. The smallest absolute Gasteiger partial charge is 0.305 e. The fourth-order valence-electron chi connectivity index (χ4n) is 3.94. The molecule has 1 aromatic rings. The molecule has 0 bridgehead atoms. The first-order chi connectivity index (χ1) is 15.8. The van der Waals surface area contributed by atoms with Gasteiger partial charge in [-0.05, 0) is 41.9 Å². The number of carboxylic acids is 1. The van der Waals surface area contributed by atoms with Crippen LogP contribution in [0.25, 0.3) is 0 Å². The SMILES string of the molecule is CC(C)C(NC(=O)c1ccc(C(C)(C)C)cc1)C(=O)N1CCC[C@H]1C(=O)NC(C=O)CC(=O)O. The van der Waals surface area contributed by atoms with Crippen molar-refractivity contribution in [1.29, 1.82) is 0 Å². The van der Waals surface area contributed by atoms with Gasteiger partial charge in [-0.25, -0.2) is 0 Å². The highest BCUT2D eigenvalue weighted by Crippen LogP contribution is 2.23. The van der Waals surface area contributed by atoms with Crippen LogP contribution in [-0.4, -0.2) is 64.7 Å². The second-order valence-electron chi connectivity index (χ2n) is 10.1. The summed E-state index contributed by atoms with van der Waals surface area (Å²) in [7, 11) is 0. The van der Waals surface area contributed by atoms with Gasteiger partial charge in [0.15, 0.2) is 0 Å². The zero-order chi connectivity index (χ0) is 25.6. The van der Waals surface area contributed by atoms with Crippen molar-refractivity contribution in [2.24, 2.45) is 5.92 Å². The number of rotatable bonds is 9. The van der Waals surface area contributed by atoms with E-state index < -0.39 is 36.4 Å². The number of hydrogen-bond acceptors (Lipinski definition) is 5. The van der Waals surface area contributed by atoms with Gasteiger partial charge < -0.3 is 25.4 Å². The van der Waals surface area contributed by atoms with Gasteiger partial charge in [0.05, 0.1) is 12.5 Å². The van der Waals surface area contributed by atoms with Crippen LogP contribution >= 0.6 is 0 Å². The topological polar surface area (TPSA) is 133 Å². The fourth-order valence-corrected chi connectivity index (χ4v) is 3.94. The van der Waals surface area contributed by atoms with Gasteiger partial charge in [-0.2, -0.15) is 0 Å². The van der Waals surface area contributed by atoms with Crippen molar-refractivity contribution < 1.29 is 29.1 Å². The van der Waals surface area contributed by atoms with Crippen molar-refractivity contribution in [2.75, 3.05) is 6.54 Å². The lowest BCUT2D eigenvalue weighted by molar-refractivity contribution is -0.142. The summed E-state index contributed by atoms with van der Waals surface area (Å²) in [4.78, 5) is 62.4. The maximum Gasteiger partial charge on any atom is 0.305 e. The minimum atomic E-state index is -1.21. The molecule has 2 rings (SSSR count). The summed E-state index contributed by atoms with van der Waals surface area (Å²) < 4.78 is 0. The molecule has 0 radical (unpaired) electrons. The van der Waals surface area contributed by atoms with Crippen LogP contribution < -0.4 is 10.6 Å². The molecule has 0 spiro atoms. The van der Waals surface area contributed by atoms with Gasteiger partial charge in [-0.3, -0.25) is 19.2 Å². The van der Waals surface area contributed by atoms with Crippen molar-refractivity contribution in [3.05, 3.63) is 35.4 Å². The van der Waals surface area contributed by atoms with E-state index in [1.807, 2.05) is 26.0 Å². The summed E-state index contributed by atoms with van der Waals surface area (Å²) in [5.41, 5.74) is 1.47. The lowest BCUT2D eigenvalue weighted by Gasteiger charge is -2.31. The van der Waals surface area contributed by atoms with Gasteiger partial charge in [-0.1, -0.05) is 46.8 Å². The van der Waals surface area contributed by atoms with Crippen LogP contribution in [0.4, 0.5) is 0 Å². The Labute approximate surface area is 200 Å². The highest BCUT2D eigenvalue weighted by Gasteiger charge is 2.39. The summed E-state index contributed by atoms with van der Waals surface area (Å²) in [5, 5.41) is 14.1. The summed E-state index contributed by atoms with van der Waals surface area (Å²) in [5.74, 6) is -2.78. The first-order valence-electron chi connectivity index (χ1n) is 11.5. The van der Waals surface area contributed by atoms with Crippen LogP contribution in [0.1, 0.15) is 69.8 Å². The second kappa shape index (κ2) is 11.3. The number of carbonyl (C=O) groups excluding carboxylic acids is 4. The van der Waals surface area contributed by atoms with E-state index in [4.69, 9.17) is 5.11 Å². The van der Waals surface area contributed by atoms with E-state index in [9.17, 15) is 24.0 Å². The number of nitrogens with one attached hydrogen (secondary N) is 2. The van der Waals surface area contributed by atoms with Crippen LogP contribution in [-0.2, 0) is 24.6 Å². The Balaban J connectivity index is 2.13. The van der Waals surface area contributed by atoms with Crippen molar-refractivity contribution >= 4 is 30.0 Å². The molecule has 0 aliphatic carbocycles. The normalized spacial score (nSPS) is 17.7. The predicted octanol–water partition coefficient (Wildman–Crippen LogP) is 1.89. The molecule has 0 aromatic heterocycles. The summed E-state index contributed by atoms with van der Waals surface area (Å²) in [6.07, 6.45) is 0.814. The van der Waals surface area contributed by atoms with E-state index in [2.05, 4.69) is 31.4 Å². The quantitative estimate of drug-likeness (QED) is 0.469. The third-order valence-electron chi connectivity index (χ3n) is 5.96. The molecule has 9 nitrogen and oxygen atoms in total. The molecule has 186 valence electrons. The number of aldehydes is 1. The number of hydrogen-bond donors (Lipinski definition) is 3. The summed E-state index contributed by atoms with van der Waals surface area (Å²) in [6.45, 7) is 10.2. The minimum Gasteiger partial charge on any atom is -0.481 e. The molecule has 34 heavy (non-hydrogen) atoms. The number of carbonyl (C=O) groups is 5. The van der Waals surface area contributed by atoms with Gasteiger partial charge in [0.2, 0.25) is 11.8 Å². The molecule has 2 unspecified atom stereocenters. The molecule has 1 aliphatic heterocycles. The molecule has 3 N–H and O–H groups in total. The van der Waals surface area contributed by atoms with Crippen LogP contribution in [0, 0.1) is 5.92 Å². The molecule has 9 heteroatoms. The molecular weight excluding hydrogens is 438 g/mol. The highest BCUT2D eigenvalue weighted by atomic mass is 16.4. The van der Waals surface area contributed by atoms with Crippen LogP contribution in [0.5, 0.6) is 0 Å². The van der Waals surface area contributed by atoms with Crippen LogP contribution in [0.3, 0.4) is 0 Å². The molecule has 3 atom stereocenters. The Bertz CT molecular complexity index is 920. The van der Waals surface area contributed by atoms with Gasteiger partial charge in [0, 0.05) is 12.1 Å². The fraction of sp³-hybridized carbons (Fsp3) is 0.560. The van der Waals surface area contributed by atoms with E-state index in [1.54, 1.807) is 12.1 Å². The van der Waals surface area contributed by atoms with Crippen LogP contribution in [0.15, 0.2) is 24.3 Å². The Hall–Kier alpha value is -3.23. The Kier molecular flexibility index (Phi) is 8.95. The third-order valence-corrected chi connectivity index (χ3v) is 5.96. The largest absolute Gasteiger partial charge is 0.481 e. The van der Waals surface area contributed by atoms with Crippen molar-refractivity contribution in [1.82, 2.24) is 15.5 Å². The van der Waals surface area contributed by atoms with Gasteiger partial charge in [0.25, 0.3) is 5.91 Å². The average Bonchev–Trinajstić information content (AvgIpc) is 3.25. The number of aliphatic carboxylic acids is 1. The third kappa shape index (κ3) is 6.88. The molecule has 3 amide bonds. The number of nitrogens with zero attached hydrogens (tertiary/aromatic N) is 1. The first kappa shape index (κ1) is 27.0. The van der Waals surface area contributed by atoms with Gasteiger partial charge >= 0.3 is 5.97 Å². The maximum absolute atomic E-state index is 13.4. The lowest BCUT2D eigenvalue weighted by atomic mass is 9.86. The van der Waals surface area contributed by atoms with E-state index >= 15 is 0 Å². The number of amides is 3. The van der Waals surface area contributed by atoms with Gasteiger partial charge in [-0.15, -0.1) is 0 Å². The van der Waals surface area contributed by atoms with E-state index in [1.165, 1.54) is 4.90 Å². The lowest BCUT2D eigenvalue weighted by Crippen LogP contribution is -2.56. The van der Waals surface area contributed by atoms with E-state index in [-0.39, 0.29) is 23.1 Å². The predicted molar refractivity (Wildman–Crippen MR) is 126 cm³/mol. The van der Waals surface area contributed by atoms with E-state index in [0.717, 1.165) is 5.56 Å². The zero-order valence-corrected chi connectivity index (χ0v) is 20.5. The number of carboxylic acid groups (broad SMARTS) is 1. The summed E-state index contributed by atoms with van der Waals surface area (Å²) >= 11 is 0. The van der Waals surface area contributed by atoms with Crippen molar-refractivity contribution in [2.45, 2.75) is 77.4 Å². The molecule has 0 saturated carbocycles. The Morgan fingerprint density at radius 3 is 2.24 bits per heavy atom. The van der Waals surface area contributed by atoms with Gasteiger partial charge in [0.1, 0.15) is 18.4 Å². The van der Waals surface area contributed by atoms with Crippen molar-refractivity contribution in [3.8, 4) is 0 Å². The molecule has 1 saturated heterocycles. The average molecular weight is 474 g/mol. The standard InChI is InChI=1S/C25H35N3O6/c1-15(2)21(27-22(32)16-8-10-17(11-9-16)25(3,4)5)24(34)28-12-6-7-19(28)23(33)26-18(14-29)13-20(30)31/h8-11,14-15,18-19,21H,6-7,12-13H2,1-5H3,(H,26,33)(H,27,32)(H,30,31)/t18?,19-,21?/m0/s1. The summed E-state index contributed by atoms with van der Waals surface area (Å²) in [6, 6.07) is 4.40. The maximum atomic E-state index is 13.4. The number of benzene rings is 1. The van der Waals surface area contributed by atoms with Crippen molar-refractivity contribution in [3.63, 3.8) is 0 Å². The first-order valence-corrected chi connectivity index (χ1v) is 11.5. The molecular formula is C25H35N3O6. The monoisotopic (exact) mass is 473 g/mol. The Morgan fingerprint density at radius 1 is 1.12 bits per heavy atom. The second-order valence-corrected chi connectivity index (χ2v) is 10.1. The molecule has 1 heterocycles. The molecule has 1 fully saturated rings. The minimum absolute atomic E-state index is 0.0515. The van der Waals surface area contributed by atoms with Crippen LogP contribution in [0.2, 0.25) is 0 Å².